The van der Waals surface area contributed by atoms with E-state index < -0.39 is 0 Å². The van der Waals surface area contributed by atoms with E-state index in [1.165, 1.54) is 0 Å². The maximum absolute atomic E-state index is 5.43. The van der Waals surface area contributed by atoms with Crippen LogP contribution in [-0.4, -0.2) is 32.7 Å². The van der Waals surface area contributed by atoms with Crippen molar-refractivity contribution < 1.29 is 4.74 Å². The third kappa shape index (κ3) is 1.92. The first-order valence-electron chi connectivity index (χ1n) is 6.72. The van der Waals surface area contributed by atoms with Crippen molar-refractivity contribution in [1.29, 1.82) is 0 Å². The third-order valence-electron chi connectivity index (χ3n) is 3.70. The molecule has 5 nitrogen and oxygen atoms in total. The summed E-state index contributed by atoms with van der Waals surface area (Å²) in [6, 6.07) is 4.53. The van der Waals surface area contributed by atoms with Crippen LogP contribution in [0.2, 0.25) is 0 Å². The van der Waals surface area contributed by atoms with Crippen LogP contribution in [0, 0.1) is 0 Å². The van der Waals surface area contributed by atoms with Crippen LogP contribution in [-0.2, 0) is 4.74 Å². The van der Waals surface area contributed by atoms with Crippen molar-refractivity contribution in [3.8, 4) is 10.6 Å². The maximum atomic E-state index is 5.43. The van der Waals surface area contributed by atoms with E-state index in [0.29, 0.717) is 6.04 Å². The molecular formula is C14H14N4OS. The zero-order valence-electron chi connectivity index (χ0n) is 10.9. The second-order valence-corrected chi connectivity index (χ2v) is 5.81. The SMILES string of the molecule is c1csc(-c2ncnc3c2ncn3C2CCOCC2)c1. The van der Waals surface area contributed by atoms with Gasteiger partial charge in [0.15, 0.2) is 5.65 Å². The van der Waals surface area contributed by atoms with Crippen LogP contribution in [0.1, 0.15) is 18.9 Å². The van der Waals surface area contributed by atoms with Crippen LogP contribution in [0.25, 0.3) is 21.7 Å². The molecule has 1 aliphatic rings. The van der Waals surface area contributed by atoms with Crippen molar-refractivity contribution in [1.82, 2.24) is 19.5 Å². The molecule has 0 amide bonds. The second-order valence-electron chi connectivity index (χ2n) is 4.87. The van der Waals surface area contributed by atoms with E-state index in [0.717, 1.165) is 47.8 Å². The molecule has 0 N–H and O–H groups in total. The number of nitrogens with zero attached hydrogens (tertiary/aromatic N) is 4. The van der Waals surface area contributed by atoms with Gasteiger partial charge in [0.2, 0.25) is 0 Å². The number of imidazole rings is 1. The predicted octanol–water partition coefficient (Wildman–Crippen LogP) is 2.91. The van der Waals surface area contributed by atoms with Crippen LogP contribution in [0.4, 0.5) is 0 Å². The summed E-state index contributed by atoms with van der Waals surface area (Å²) in [7, 11) is 0. The molecule has 20 heavy (non-hydrogen) atoms. The van der Waals surface area contributed by atoms with Crippen molar-refractivity contribution in [2.75, 3.05) is 13.2 Å². The number of ether oxygens (including phenoxy) is 1. The lowest BCUT2D eigenvalue weighted by Crippen LogP contribution is -2.19. The first kappa shape index (κ1) is 12.0. The van der Waals surface area contributed by atoms with Crippen LogP contribution in [0.5, 0.6) is 0 Å². The number of rotatable bonds is 2. The molecule has 3 aromatic rings. The summed E-state index contributed by atoms with van der Waals surface area (Å²) >= 11 is 1.68. The minimum atomic E-state index is 0.430. The van der Waals surface area contributed by atoms with Gasteiger partial charge in [-0.1, -0.05) is 6.07 Å². The fourth-order valence-corrected chi connectivity index (χ4v) is 3.40. The van der Waals surface area contributed by atoms with Crippen molar-refractivity contribution in [2.45, 2.75) is 18.9 Å². The Kier molecular flexibility index (Phi) is 2.97. The number of thiophene rings is 1. The van der Waals surface area contributed by atoms with E-state index in [1.54, 1.807) is 17.7 Å². The molecule has 0 atom stereocenters. The molecule has 0 saturated carbocycles. The molecule has 1 saturated heterocycles. The Hall–Kier alpha value is -1.79. The van der Waals surface area contributed by atoms with Gasteiger partial charge in [0.1, 0.15) is 17.5 Å². The molecule has 4 heterocycles. The quantitative estimate of drug-likeness (QED) is 0.727. The van der Waals surface area contributed by atoms with Gasteiger partial charge in [-0.3, -0.25) is 0 Å². The Morgan fingerprint density at radius 2 is 2.10 bits per heavy atom. The van der Waals surface area contributed by atoms with Gasteiger partial charge >= 0.3 is 0 Å². The molecule has 6 heteroatoms. The van der Waals surface area contributed by atoms with E-state index in [-0.39, 0.29) is 0 Å². The first-order valence-corrected chi connectivity index (χ1v) is 7.60. The topological polar surface area (TPSA) is 52.8 Å². The molecule has 102 valence electrons. The van der Waals surface area contributed by atoms with Crippen LogP contribution in [0.3, 0.4) is 0 Å². The molecule has 0 aliphatic carbocycles. The van der Waals surface area contributed by atoms with Gasteiger partial charge in [0, 0.05) is 19.3 Å². The lowest BCUT2D eigenvalue weighted by molar-refractivity contribution is 0.0704. The summed E-state index contributed by atoms with van der Waals surface area (Å²) in [4.78, 5) is 14.5. The van der Waals surface area contributed by atoms with Gasteiger partial charge in [-0.25, -0.2) is 15.0 Å². The Morgan fingerprint density at radius 3 is 2.90 bits per heavy atom. The lowest BCUT2D eigenvalue weighted by atomic mass is 10.1. The summed E-state index contributed by atoms with van der Waals surface area (Å²) < 4.78 is 7.60. The molecule has 0 bridgehead atoms. The van der Waals surface area contributed by atoms with Crippen molar-refractivity contribution >= 4 is 22.5 Å². The van der Waals surface area contributed by atoms with E-state index in [1.807, 2.05) is 12.4 Å². The van der Waals surface area contributed by atoms with Crippen LogP contribution in [0.15, 0.2) is 30.2 Å². The minimum Gasteiger partial charge on any atom is -0.381 e. The van der Waals surface area contributed by atoms with Gasteiger partial charge in [0.05, 0.1) is 11.2 Å². The number of hydrogen-bond donors (Lipinski definition) is 0. The number of fused-ring (bicyclic) bond motifs is 1. The lowest BCUT2D eigenvalue weighted by Gasteiger charge is -2.23. The monoisotopic (exact) mass is 286 g/mol. The van der Waals surface area contributed by atoms with Crippen molar-refractivity contribution in [3.63, 3.8) is 0 Å². The van der Waals surface area contributed by atoms with Crippen molar-refractivity contribution in [3.05, 3.63) is 30.2 Å². The fraction of sp³-hybridized carbons (Fsp3) is 0.357. The van der Waals surface area contributed by atoms with E-state index in [9.17, 15) is 0 Å². The average Bonchev–Trinajstić information content (AvgIpc) is 3.17. The molecule has 4 rings (SSSR count). The highest BCUT2D eigenvalue weighted by Gasteiger charge is 2.20. The summed E-state index contributed by atoms with van der Waals surface area (Å²) in [5.74, 6) is 0. The highest BCUT2D eigenvalue weighted by Crippen LogP contribution is 2.30. The average molecular weight is 286 g/mol. The molecule has 0 unspecified atom stereocenters. The Morgan fingerprint density at radius 1 is 1.20 bits per heavy atom. The smallest absolute Gasteiger partial charge is 0.164 e. The highest BCUT2D eigenvalue weighted by atomic mass is 32.1. The summed E-state index contributed by atoms with van der Waals surface area (Å²) in [6.07, 6.45) is 5.56. The summed E-state index contributed by atoms with van der Waals surface area (Å²) in [5, 5.41) is 2.05. The molecule has 0 aromatic carbocycles. The zero-order valence-corrected chi connectivity index (χ0v) is 11.7. The number of aromatic nitrogens is 4. The second kappa shape index (κ2) is 4.96. The molecule has 1 fully saturated rings. The zero-order chi connectivity index (χ0) is 13.4. The standard InChI is InChI=1S/C14H14N4OS/c1-2-11(20-7-1)12-13-14(16-8-15-12)18(9-17-13)10-3-5-19-6-4-10/h1-2,7-10H,3-6H2. The normalized spacial score (nSPS) is 16.8. The maximum Gasteiger partial charge on any atom is 0.164 e. The molecule has 3 aromatic heterocycles. The van der Waals surface area contributed by atoms with E-state index in [2.05, 4.69) is 31.0 Å². The molecular weight excluding hydrogens is 272 g/mol. The summed E-state index contributed by atoms with van der Waals surface area (Å²) in [6.45, 7) is 1.63. The summed E-state index contributed by atoms with van der Waals surface area (Å²) in [5.41, 5.74) is 2.74. The Labute approximate surface area is 120 Å². The van der Waals surface area contributed by atoms with Crippen LogP contribution >= 0.6 is 11.3 Å². The Balaban J connectivity index is 1.83. The van der Waals surface area contributed by atoms with Gasteiger partial charge in [0.25, 0.3) is 0 Å². The van der Waals surface area contributed by atoms with Crippen molar-refractivity contribution in [2.24, 2.45) is 0 Å². The van der Waals surface area contributed by atoms with Gasteiger partial charge in [-0.05, 0) is 24.3 Å². The first-order chi connectivity index (χ1) is 9.93. The van der Waals surface area contributed by atoms with E-state index in [4.69, 9.17) is 4.74 Å². The predicted molar refractivity (Wildman–Crippen MR) is 77.7 cm³/mol. The molecule has 1 aliphatic heterocycles. The largest absolute Gasteiger partial charge is 0.381 e. The highest BCUT2D eigenvalue weighted by molar-refractivity contribution is 7.13. The van der Waals surface area contributed by atoms with Gasteiger partial charge in [-0.2, -0.15) is 0 Å². The number of hydrogen-bond acceptors (Lipinski definition) is 5. The van der Waals surface area contributed by atoms with Crippen LogP contribution < -0.4 is 0 Å². The third-order valence-corrected chi connectivity index (χ3v) is 4.57. The van der Waals surface area contributed by atoms with Gasteiger partial charge in [-0.15, -0.1) is 11.3 Å². The fourth-order valence-electron chi connectivity index (χ4n) is 2.68. The van der Waals surface area contributed by atoms with Gasteiger partial charge < -0.3 is 9.30 Å². The molecule has 0 spiro atoms. The molecule has 0 radical (unpaired) electrons. The Bertz CT molecular complexity index is 716. The minimum absolute atomic E-state index is 0.430. The van der Waals surface area contributed by atoms with E-state index >= 15 is 0 Å².